The smallest absolute Gasteiger partial charge is 0.330 e. The monoisotopic (exact) mass is 416 g/mol. The molecule has 170 valence electrons. The lowest BCUT2D eigenvalue weighted by atomic mass is 9.73. The third kappa shape index (κ3) is 7.49. The molecule has 0 saturated heterocycles. The van der Waals surface area contributed by atoms with Gasteiger partial charge in [-0.25, -0.2) is 4.79 Å². The summed E-state index contributed by atoms with van der Waals surface area (Å²) in [6.45, 7) is 16.9. The van der Waals surface area contributed by atoms with Gasteiger partial charge >= 0.3 is 5.97 Å². The molecule has 2 N–H and O–H groups in total. The molecule has 0 atom stereocenters. The molecule has 0 aromatic heterocycles. The minimum Gasteiger partial charge on any atom is -0.507 e. The van der Waals surface area contributed by atoms with Gasteiger partial charge < -0.3 is 10.2 Å². The summed E-state index contributed by atoms with van der Waals surface area (Å²) < 4.78 is 0. The highest BCUT2D eigenvalue weighted by atomic mass is 16.4. The lowest BCUT2D eigenvalue weighted by Gasteiger charge is -2.33. The molecular weight excluding hydrogens is 372 g/mol. The van der Waals surface area contributed by atoms with Gasteiger partial charge in [-0.15, -0.1) is 0 Å². The normalized spacial score (nSPS) is 12.2. The number of hydrogen-bond donors (Lipinski definition) is 2. The van der Waals surface area contributed by atoms with E-state index in [1.807, 2.05) is 0 Å². The van der Waals surface area contributed by atoms with Gasteiger partial charge in [-0.1, -0.05) is 98.8 Å². The van der Waals surface area contributed by atoms with E-state index < -0.39 is 5.97 Å². The standard InChI is InChI=1S/C27H44O3/c1-8-10-12-16-26(4,5)22-18-21(15-14-20(3)25(29)30)19-23(24(22)28)27(6,7)17-13-11-9-2/h18-19,28H,3,8-17H2,1-2,4-7H3,(H,29,30). The van der Waals surface area contributed by atoms with Crippen molar-refractivity contribution < 1.29 is 15.0 Å². The van der Waals surface area contributed by atoms with Crippen LogP contribution in [0.5, 0.6) is 5.75 Å². The fraction of sp³-hybridized carbons (Fsp3) is 0.667. The molecule has 0 unspecified atom stereocenters. The summed E-state index contributed by atoms with van der Waals surface area (Å²) in [6, 6.07) is 4.20. The van der Waals surface area contributed by atoms with E-state index in [-0.39, 0.29) is 16.4 Å². The quantitative estimate of drug-likeness (QED) is 0.241. The van der Waals surface area contributed by atoms with E-state index in [2.05, 4.69) is 60.3 Å². The number of aliphatic carboxylic acids is 1. The van der Waals surface area contributed by atoms with Crippen LogP contribution in [0.25, 0.3) is 0 Å². The second-order valence-corrected chi connectivity index (χ2v) is 10.1. The van der Waals surface area contributed by atoms with Crippen LogP contribution >= 0.6 is 0 Å². The Morgan fingerprint density at radius 3 is 1.70 bits per heavy atom. The number of aryl methyl sites for hydroxylation is 1. The Morgan fingerprint density at radius 1 is 0.900 bits per heavy atom. The number of benzene rings is 1. The largest absolute Gasteiger partial charge is 0.507 e. The van der Waals surface area contributed by atoms with Crippen LogP contribution in [0.15, 0.2) is 24.3 Å². The summed E-state index contributed by atoms with van der Waals surface area (Å²) in [5.74, 6) is -0.507. The maximum absolute atomic E-state index is 11.4. The van der Waals surface area contributed by atoms with E-state index in [9.17, 15) is 15.0 Å². The first-order valence-electron chi connectivity index (χ1n) is 11.7. The van der Waals surface area contributed by atoms with Gasteiger partial charge in [0.2, 0.25) is 0 Å². The number of phenolic OH excluding ortho intramolecular Hbond substituents is 1. The molecule has 3 nitrogen and oxygen atoms in total. The highest BCUT2D eigenvalue weighted by Crippen LogP contribution is 2.44. The van der Waals surface area contributed by atoms with E-state index in [4.69, 9.17) is 0 Å². The molecule has 0 bridgehead atoms. The van der Waals surface area contributed by atoms with Crippen LogP contribution in [0.3, 0.4) is 0 Å². The molecule has 0 radical (unpaired) electrons. The first kappa shape index (κ1) is 26.3. The van der Waals surface area contributed by atoms with Crippen molar-refractivity contribution in [2.75, 3.05) is 0 Å². The maximum atomic E-state index is 11.4. The van der Waals surface area contributed by atoms with E-state index in [0.717, 1.165) is 42.4 Å². The van der Waals surface area contributed by atoms with E-state index >= 15 is 0 Å². The summed E-state index contributed by atoms with van der Waals surface area (Å²) in [5, 5.41) is 20.5. The zero-order chi connectivity index (χ0) is 22.9. The van der Waals surface area contributed by atoms with Gasteiger partial charge in [0.1, 0.15) is 5.75 Å². The third-order valence-corrected chi connectivity index (χ3v) is 6.46. The Hall–Kier alpha value is -1.77. The molecule has 0 heterocycles. The number of carbonyl (C=O) groups is 1. The number of unbranched alkanes of at least 4 members (excludes halogenated alkanes) is 4. The highest BCUT2D eigenvalue weighted by molar-refractivity contribution is 5.85. The lowest BCUT2D eigenvalue weighted by Crippen LogP contribution is -2.22. The molecule has 0 saturated carbocycles. The Balaban J connectivity index is 3.35. The van der Waals surface area contributed by atoms with Crippen LogP contribution in [0.4, 0.5) is 0 Å². The van der Waals surface area contributed by atoms with Crippen LogP contribution < -0.4 is 0 Å². The average molecular weight is 417 g/mol. The van der Waals surface area contributed by atoms with Gasteiger partial charge in [0, 0.05) is 16.7 Å². The second-order valence-electron chi connectivity index (χ2n) is 10.1. The summed E-state index contributed by atoms with van der Waals surface area (Å²) in [5.41, 5.74) is 3.05. The van der Waals surface area contributed by atoms with Crippen molar-refractivity contribution in [3.8, 4) is 5.75 Å². The summed E-state index contributed by atoms with van der Waals surface area (Å²) in [7, 11) is 0. The molecule has 0 fully saturated rings. The van der Waals surface area contributed by atoms with Crippen LogP contribution in [-0.4, -0.2) is 16.2 Å². The SMILES string of the molecule is C=C(CCc1cc(C(C)(C)CCCCC)c(O)c(C(C)(C)CCCCC)c1)C(=O)O. The topological polar surface area (TPSA) is 57.5 Å². The van der Waals surface area contributed by atoms with Crippen molar-refractivity contribution in [1.29, 1.82) is 0 Å². The molecule has 30 heavy (non-hydrogen) atoms. The maximum Gasteiger partial charge on any atom is 0.330 e. The number of carboxylic acids is 1. The molecule has 1 rings (SSSR count). The van der Waals surface area contributed by atoms with Crippen LogP contribution in [-0.2, 0) is 22.0 Å². The fourth-order valence-corrected chi connectivity index (χ4v) is 4.18. The van der Waals surface area contributed by atoms with Gasteiger partial charge in [-0.3, -0.25) is 0 Å². The van der Waals surface area contributed by atoms with Gasteiger partial charge in [-0.05, 0) is 42.1 Å². The zero-order valence-corrected chi connectivity index (χ0v) is 20.2. The molecule has 1 aromatic carbocycles. The van der Waals surface area contributed by atoms with Gasteiger partial charge in [0.05, 0.1) is 0 Å². The van der Waals surface area contributed by atoms with Crippen LogP contribution in [0.1, 0.15) is 116 Å². The zero-order valence-electron chi connectivity index (χ0n) is 20.2. The molecule has 0 spiro atoms. The van der Waals surface area contributed by atoms with E-state index in [1.54, 1.807) is 0 Å². The molecule has 1 aromatic rings. The summed E-state index contributed by atoms with van der Waals surface area (Å²) >= 11 is 0. The number of carboxylic acid groups (broad SMARTS) is 1. The molecule has 0 aliphatic carbocycles. The predicted molar refractivity (Wildman–Crippen MR) is 128 cm³/mol. The van der Waals surface area contributed by atoms with Crippen molar-refractivity contribution in [2.45, 2.75) is 117 Å². The van der Waals surface area contributed by atoms with Crippen LogP contribution in [0, 0.1) is 0 Å². The Labute approximate surface area is 184 Å². The van der Waals surface area contributed by atoms with Gasteiger partial charge in [0.25, 0.3) is 0 Å². The molecular formula is C27H44O3. The lowest BCUT2D eigenvalue weighted by molar-refractivity contribution is -0.132. The summed E-state index contributed by atoms with van der Waals surface area (Å²) in [6.07, 6.45) is 10.1. The molecule has 3 heteroatoms. The van der Waals surface area contributed by atoms with E-state index in [0.29, 0.717) is 18.6 Å². The summed E-state index contributed by atoms with van der Waals surface area (Å²) in [4.78, 5) is 11.2. The first-order chi connectivity index (χ1) is 14.0. The van der Waals surface area contributed by atoms with Crippen molar-refractivity contribution in [3.63, 3.8) is 0 Å². The van der Waals surface area contributed by atoms with Crippen molar-refractivity contribution in [1.82, 2.24) is 0 Å². The third-order valence-electron chi connectivity index (χ3n) is 6.46. The second kappa shape index (κ2) is 11.6. The Bertz CT molecular complexity index is 670. The molecule has 0 amide bonds. The number of aromatic hydroxyl groups is 1. The number of hydrogen-bond acceptors (Lipinski definition) is 2. The van der Waals surface area contributed by atoms with Crippen molar-refractivity contribution in [3.05, 3.63) is 41.0 Å². The fourth-order valence-electron chi connectivity index (χ4n) is 4.18. The van der Waals surface area contributed by atoms with Crippen molar-refractivity contribution in [2.24, 2.45) is 0 Å². The number of rotatable bonds is 14. The molecule has 0 aliphatic heterocycles. The first-order valence-corrected chi connectivity index (χ1v) is 11.7. The van der Waals surface area contributed by atoms with Gasteiger partial charge in [-0.2, -0.15) is 0 Å². The minimum absolute atomic E-state index is 0.132. The minimum atomic E-state index is -0.936. The number of phenols is 1. The predicted octanol–water partition coefficient (Wildman–Crippen LogP) is 7.68. The van der Waals surface area contributed by atoms with Crippen molar-refractivity contribution >= 4 is 5.97 Å². The molecule has 0 aliphatic rings. The Morgan fingerprint density at radius 2 is 1.33 bits per heavy atom. The van der Waals surface area contributed by atoms with Crippen LogP contribution in [0.2, 0.25) is 0 Å². The Kier molecular flexibility index (Phi) is 10.1. The van der Waals surface area contributed by atoms with E-state index in [1.165, 1.54) is 25.7 Å². The highest BCUT2D eigenvalue weighted by Gasteiger charge is 2.31. The van der Waals surface area contributed by atoms with Gasteiger partial charge in [0.15, 0.2) is 0 Å². The average Bonchev–Trinajstić information content (AvgIpc) is 2.66.